The van der Waals surface area contributed by atoms with Crippen LogP contribution in [-0.4, -0.2) is 22.0 Å². The van der Waals surface area contributed by atoms with Crippen LogP contribution in [0.1, 0.15) is 36.1 Å². The number of amides is 1. The average molecular weight is 318 g/mol. The van der Waals surface area contributed by atoms with Crippen molar-refractivity contribution in [2.45, 2.75) is 27.7 Å². The summed E-state index contributed by atoms with van der Waals surface area (Å²) in [4.78, 5) is 27.5. The van der Waals surface area contributed by atoms with E-state index < -0.39 is 11.4 Å². The fourth-order valence-corrected chi connectivity index (χ4v) is 2.64. The Kier molecular flexibility index (Phi) is 4.32. The number of nitrogens with zero attached hydrogens (tertiary/aromatic N) is 1. The first-order valence-electron chi connectivity index (χ1n) is 6.81. The Bertz CT molecular complexity index is 712. The van der Waals surface area contributed by atoms with Gasteiger partial charge in [0, 0.05) is 16.7 Å². The Morgan fingerprint density at radius 3 is 2.23 bits per heavy atom. The lowest BCUT2D eigenvalue weighted by atomic mass is 9.95. The summed E-state index contributed by atoms with van der Waals surface area (Å²) in [5.41, 5.74) is 1.59. The number of aromatic nitrogens is 1. The van der Waals surface area contributed by atoms with Crippen LogP contribution in [0, 0.1) is 12.3 Å². The van der Waals surface area contributed by atoms with E-state index in [-0.39, 0.29) is 10.8 Å². The van der Waals surface area contributed by atoms with Crippen molar-refractivity contribution in [2.75, 3.05) is 5.32 Å². The van der Waals surface area contributed by atoms with Gasteiger partial charge in [-0.2, -0.15) is 0 Å². The molecule has 2 rings (SSSR count). The van der Waals surface area contributed by atoms with Crippen molar-refractivity contribution in [3.8, 4) is 10.6 Å². The third kappa shape index (κ3) is 3.51. The molecular weight excluding hydrogens is 300 g/mol. The highest BCUT2D eigenvalue weighted by Crippen LogP contribution is 2.29. The Hall–Kier alpha value is -2.21. The number of benzene rings is 1. The molecule has 1 amide bonds. The number of nitrogens with one attached hydrogen (secondary N) is 1. The van der Waals surface area contributed by atoms with Crippen molar-refractivity contribution >= 4 is 28.9 Å². The van der Waals surface area contributed by atoms with Gasteiger partial charge < -0.3 is 10.4 Å². The van der Waals surface area contributed by atoms with Crippen LogP contribution in [0.5, 0.6) is 0 Å². The van der Waals surface area contributed by atoms with E-state index in [1.165, 1.54) is 0 Å². The van der Waals surface area contributed by atoms with Crippen LogP contribution in [0.25, 0.3) is 10.6 Å². The lowest BCUT2D eigenvalue weighted by molar-refractivity contribution is -0.123. The molecule has 6 heteroatoms. The second-order valence-electron chi connectivity index (χ2n) is 6.02. The topological polar surface area (TPSA) is 79.3 Å². The van der Waals surface area contributed by atoms with E-state index in [4.69, 9.17) is 5.11 Å². The van der Waals surface area contributed by atoms with Crippen molar-refractivity contribution in [3.63, 3.8) is 0 Å². The fraction of sp³-hybridized carbons (Fsp3) is 0.312. The monoisotopic (exact) mass is 318 g/mol. The summed E-state index contributed by atoms with van der Waals surface area (Å²) in [6, 6.07) is 7.22. The smallest absolute Gasteiger partial charge is 0.347 e. The van der Waals surface area contributed by atoms with Crippen molar-refractivity contribution in [1.82, 2.24) is 4.98 Å². The lowest BCUT2D eigenvalue weighted by Gasteiger charge is -2.17. The average Bonchev–Trinajstić information content (AvgIpc) is 2.80. The summed E-state index contributed by atoms with van der Waals surface area (Å²) in [5.74, 6) is -1.02. The van der Waals surface area contributed by atoms with E-state index in [1.807, 2.05) is 32.9 Å². The van der Waals surface area contributed by atoms with Crippen LogP contribution in [0.15, 0.2) is 24.3 Å². The zero-order valence-electron chi connectivity index (χ0n) is 12.9. The van der Waals surface area contributed by atoms with Gasteiger partial charge in [0.1, 0.15) is 9.88 Å². The zero-order valence-corrected chi connectivity index (χ0v) is 13.7. The van der Waals surface area contributed by atoms with Crippen LogP contribution < -0.4 is 5.32 Å². The van der Waals surface area contributed by atoms with E-state index in [9.17, 15) is 9.59 Å². The number of aromatic carboxylic acids is 1. The molecule has 0 bridgehead atoms. The number of rotatable bonds is 3. The first-order chi connectivity index (χ1) is 10.2. The highest BCUT2D eigenvalue weighted by atomic mass is 32.1. The molecule has 0 fully saturated rings. The van der Waals surface area contributed by atoms with Crippen LogP contribution >= 0.6 is 11.3 Å². The first kappa shape index (κ1) is 16.2. The molecule has 0 saturated carbocycles. The maximum absolute atomic E-state index is 11.9. The molecule has 0 aliphatic heterocycles. The van der Waals surface area contributed by atoms with Gasteiger partial charge in [-0.25, -0.2) is 9.78 Å². The molecule has 1 aromatic heterocycles. The highest BCUT2D eigenvalue weighted by molar-refractivity contribution is 7.17. The molecule has 1 aromatic carbocycles. The van der Waals surface area contributed by atoms with Gasteiger partial charge in [-0.15, -0.1) is 11.3 Å². The molecule has 2 N–H and O–H groups in total. The third-order valence-electron chi connectivity index (χ3n) is 3.06. The fourth-order valence-electron chi connectivity index (χ4n) is 1.73. The summed E-state index contributed by atoms with van der Waals surface area (Å²) in [6.07, 6.45) is 0. The van der Waals surface area contributed by atoms with Gasteiger partial charge in [0.05, 0.1) is 5.69 Å². The van der Waals surface area contributed by atoms with Gasteiger partial charge in [0.2, 0.25) is 5.91 Å². The van der Waals surface area contributed by atoms with Crippen molar-refractivity contribution < 1.29 is 14.7 Å². The molecule has 2 aromatic rings. The molecule has 0 saturated heterocycles. The van der Waals surface area contributed by atoms with E-state index in [0.717, 1.165) is 16.9 Å². The molecule has 1 heterocycles. The molecule has 22 heavy (non-hydrogen) atoms. The summed E-state index contributed by atoms with van der Waals surface area (Å²) >= 11 is 1.15. The van der Waals surface area contributed by atoms with Crippen molar-refractivity contribution in [2.24, 2.45) is 5.41 Å². The minimum Gasteiger partial charge on any atom is -0.477 e. The normalized spacial score (nSPS) is 11.3. The molecule has 5 nitrogen and oxygen atoms in total. The highest BCUT2D eigenvalue weighted by Gasteiger charge is 2.21. The van der Waals surface area contributed by atoms with Crippen molar-refractivity contribution in [3.05, 3.63) is 34.8 Å². The van der Waals surface area contributed by atoms with E-state index in [2.05, 4.69) is 10.3 Å². The second kappa shape index (κ2) is 5.88. The van der Waals surface area contributed by atoms with Crippen LogP contribution in [0.3, 0.4) is 0 Å². The Morgan fingerprint density at radius 1 is 1.18 bits per heavy atom. The maximum atomic E-state index is 11.9. The molecule has 0 atom stereocenters. The van der Waals surface area contributed by atoms with E-state index in [0.29, 0.717) is 16.4 Å². The van der Waals surface area contributed by atoms with Gasteiger partial charge in [-0.3, -0.25) is 4.79 Å². The molecule has 0 aliphatic rings. The number of hydrogen-bond acceptors (Lipinski definition) is 4. The standard InChI is InChI=1S/C16H18N2O3S/c1-9-12(14(19)20)22-13(17-9)10-5-7-11(8-6-10)18-15(21)16(2,3)4/h5-8H,1-4H3,(H,18,21)(H,19,20). The molecule has 0 aliphatic carbocycles. The molecule has 116 valence electrons. The number of aryl methyl sites for hydroxylation is 1. The number of carboxylic acids is 1. The minimum absolute atomic E-state index is 0.0569. The van der Waals surface area contributed by atoms with Gasteiger partial charge in [-0.05, 0) is 31.2 Å². The van der Waals surface area contributed by atoms with E-state index in [1.54, 1.807) is 19.1 Å². The third-order valence-corrected chi connectivity index (χ3v) is 4.26. The van der Waals surface area contributed by atoms with Crippen LogP contribution in [-0.2, 0) is 4.79 Å². The number of thiazole rings is 1. The maximum Gasteiger partial charge on any atom is 0.347 e. The molecular formula is C16H18N2O3S. The van der Waals surface area contributed by atoms with E-state index >= 15 is 0 Å². The predicted octanol–water partition coefficient (Wildman–Crippen LogP) is 3.80. The Morgan fingerprint density at radius 2 is 1.77 bits per heavy atom. The lowest BCUT2D eigenvalue weighted by Crippen LogP contribution is -2.27. The number of anilines is 1. The minimum atomic E-state index is -0.963. The summed E-state index contributed by atoms with van der Waals surface area (Å²) < 4.78 is 0. The molecule has 0 radical (unpaired) electrons. The Labute approximate surface area is 133 Å². The number of carboxylic acid groups (broad SMARTS) is 1. The summed E-state index contributed by atoms with van der Waals surface area (Å²) in [5, 5.41) is 12.6. The summed E-state index contributed by atoms with van der Waals surface area (Å²) in [6.45, 7) is 7.23. The quantitative estimate of drug-likeness (QED) is 0.902. The predicted molar refractivity (Wildman–Crippen MR) is 87.3 cm³/mol. The number of hydrogen-bond donors (Lipinski definition) is 2. The van der Waals surface area contributed by atoms with Crippen LogP contribution in [0.4, 0.5) is 5.69 Å². The van der Waals surface area contributed by atoms with Crippen molar-refractivity contribution in [1.29, 1.82) is 0 Å². The van der Waals surface area contributed by atoms with Gasteiger partial charge in [0.15, 0.2) is 0 Å². The Balaban J connectivity index is 2.21. The van der Waals surface area contributed by atoms with Crippen LogP contribution in [0.2, 0.25) is 0 Å². The SMILES string of the molecule is Cc1nc(-c2ccc(NC(=O)C(C)(C)C)cc2)sc1C(=O)O. The largest absolute Gasteiger partial charge is 0.477 e. The van der Waals surface area contributed by atoms with Gasteiger partial charge in [0.25, 0.3) is 0 Å². The number of carbonyl (C=O) groups is 2. The van der Waals surface area contributed by atoms with Gasteiger partial charge >= 0.3 is 5.97 Å². The number of carbonyl (C=O) groups excluding carboxylic acids is 1. The first-order valence-corrected chi connectivity index (χ1v) is 7.63. The summed E-state index contributed by atoms with van der Waals surface area (Å²) in [7, 11) is 0. The molecule has 0 spiro atoms. The molecule has 0 unspecified atom stereocenters. The van der Waals surface area contributed by atoms with Gasteiger partial charge in [-0.1, -0.05) is 20.8 Å². The second-order valence-corrected chi connectivity index (χ2v) is 7.02. The zero-order chi connectivity index (χ0) is 16.5.